The Kier molecular flexibility index (Phi) is 3.57. The Morgan fingerprint density at radius 3 is 2.61 bits per heavy atom. The summed E-state index contributed by atoms with van der Waals surface area (Å²) in [5.74, 6) is -1.97. The van der Waals surface area contributed by atoms with Gasteiger partial charge in [-0.1, -0.05) is 30.3 Å². The van der Waals surface area contributed by atoms with Gasteiger partial charge in [-0.3, -0.25) is 9.59 Å². The summed E-state index contributed by atoms with van der Waals surface area (Å²) in [5.41, 5.74) is 0.810. The number of hydrogen-bond donors (Lipinski definition) is 2. The van der Waals surface area contributed by atoms with Crippen LogP contribution in [0.5, 0.6) is 0 Å². The first-order valence-corrected chi connectivity index (χ1v) is 5.78. The molecule has 1 aromatic rings. The molecule has 5 nitrogen and oxygen atoms in total. The second kappa shape index (κ2) is 5.14. The largest absolute Gasteiger partial charge is 0.468 e. The van der Waals surface area contributed by atoms with Crippen LogP contribution in [0.1, 0.15) is 11.6 Å². The van der Waals surface area contributed by atoms with Crippen LogP contribution in [0.25, 0.3) is 0 Å². The summed E-state index contributed by atoms with van der Waals surface area (Å²) in [6.07, 6.45) is 0. The van der Waals surface area contributed by atoms with Crippen molar-refractivity contribution in [2.45, 2.75) is 6.04 Å². The molecule has 0 unspecified atom stereocenters. The van der Waals surface area contributed by atoms with Crippen molar-refractivity contribution in [3.63, 3.8) is 0 Å². The number of methoxy groups -OCH3 is 1. The number of rotatable bonds is 2. The summed E-state index contributed by atoms with van der Waals surface area (Å²) in [6, 6.07) is 8.68. The van der Waals surface area contributed by atoms with Crippen LogP contribution in [0.2, 0.25) is 0 Å². The highest BCUT2D eigenvalue weighted by Gasteiger charge is 2.41. The predicted molar refractivity (Wildman–Crippen MR) is 68.6 cm³/mol. The molecule has 1 aliphatic rings. The molecule has 0 radical (unpaired) electrons. The topological polar surface area (TPSA) is 67.4 Å². The van der Waals surface area contributed by atoms with Crippen LogP contribution in [0, 0.1) is 5.92 Å². The van der Waals surface area contributed by atoms with Gasteiger partial charge in [0.05, 0.1) is 13.2 Å². The SMILES string of the molecule is COC(=O)[C@@H]1C(=O)NC(=S)N[C@H]1c1ccccc1. The number of thiocarbonyl (C=S) groups is 1. The Labute approximate surface area is 110 Å². The Hall–Kier alpha value is -1.95. The van der Waals surface area contributed by atoms with Gasteiger partial charge < -0.3 is 15.4 Å². The van der Waals surface area contributed by atoms with E-state index in [-0.39, 0.29) is 5.11 Å². The molecule has 18 heavy (non-hydrogen) atoms. The minimum Gasteiger partial charge on any atom is -0.468 e. The second-order valence-corrected chi connectivity index (χ2v) is 4.26. The number of amides is 1. The molecule has 0 spiro atoms. The molecular formula is C12H12N2O3S. The Bertz CT molecular complexity index is 489. The quantitative estimate of drug-likeness (QED) is 0.463. The van der Waals surface area contributed by atoms with Gasteiger partial charge in [-0.2, -0.15) is 0 Å². The summed E-state index contributed by atoms with van der Waals surface area (Å²) >= 11 is 4.94. The third kappa shape index (κ3) is 2.33. The molecule has 1 amide bonds. The van der Waals surface area contributed by atoms with Crippen molar-refractivity contribution in [2.75, 3.05) is 7.11 Å². The summed E-state index contributed by atoms with van der Waals surface area (Å²) < 4.78 is 4.66. The molecule has 1 fully saturated rings. The molecule has 2 rings (SSSR count). The van der Waals surface area contributed by atoms with Gasteiger partial charge in [0.15, 0.2) is 11.0 Å². The minimum atomic E-state index is -0.941. The van der Waals surface area contributed by atoms with Gasteiger partial charge in [-0.05, 0) is 17.8 Å². The fourth-order valence-electron chi connectivity index (χ4n) is 1.91. The van der Waals surface area contributed by atoms with Crippen LogP contribution >= 0.6 is 12.2 Å². The standard InChI is InChI=1S/C12H12N2O3S/c1-17-11(16)8-9(7-5-3-2-4-6-7)13-12(18)14-10(8)15/h2-6,8-9H,1H3,(H2,13,14,15,18)/t8-,9-/m0/s1. The zero-order chi connectivity index (χ0) is 13.1. The van der Waals surface area contributed by atoms with E-state index in [0.29, 0.717) is 0 Å². The maximum absolute atomic E-state index is 11.8. The van der Waals surface area contributed by atoms with Gasteiger partial charge in [-0.25, -0.2) is 0 Å². The van der Waals surface area contributed by atoms with E-state index >= 15 is 0 Å². The average Bonchev–Trinajstić information content (AvgIpc) is 2.38. The van der Waals surface area contributed by atoms with Gasteiger partial charge in [0.25, 0.3) is 0 Å². The third-order valence-electron chi connectivity index (χ3n) is 2.75. The van der Waals surface area contributed by atoms with E-state index in [1.54, 1.807) is 0 Å². The molecule has 2 N–H and O–H groups in total. The van der Waals surface area contributed by atoms with Crippen molar-refractivity contribution in [3.8, 4) is 0 Å². The number of carbonyl (C=O) groups is 2. The minimum absolute atomic E-state index is 0.217. The molecule has 1 aliphatic heterocycles. The molecule has 2 atom stereocenters. The van der Waals surface area contributed by atoms with E-state index in [4.69, 9.17) is 12.2 Å². The van der Waals surface area contributed by atoms with Gasteiger partial charge in [0, 0.05) is 0 Å². The maximum atomic E-state index is 11.8. The molecule has 1 heterocycles. The molecule has 0 bridgehead atoms. The number of carbonyl (C=O) groups excluding carboxylic acids is 2. The lowest BCUT2D eigenvalue weighted by molar-refractivity contribution is -0.151. The molecule has 0 aromatic heterocycles. The van der Waals surface area contributed by atoms with Gasteiger partial charge in [0.2, 0.25) is 5.91 Å². The predicted octanol–water partition coefficient (Wildman–Crippen LogP) is 0.521. The van der Waals surface area contributed by atoms with Crippen LogP contribution < -0.4 is 10.6 Å². The zero-order valence-electron chi connectivity index (χ0n) is 9.67. The van der Waals surface area contributed by atoms with E-state index < -0.39 is 23.8 Å². The normalized spacial score (nSPS) is 22.9. The van der Waals surface area contributed by atoms with E-state index in [9.17, 15) is 9.59 Å². The number of ether oxygens (including phenoxy) is 1. The van der Waals surface area contributed by atoms with Crippen LogP contribution in [0.15, 0.2) is 30.3 Å². The molecule has 0 saturated carbocycles. The van der Waals surface area contributed by atoms with Gasteiger partial charge in [-0.15, -0.1) is 0 Å². The van der Waals surface area contributed by atoms with Crippen LogP contribution in [0.4, 0.5) is 0 Å². The third-order valence-corrected chi connectivity index (χ3v) is 2.97. The van der Waals surface area contributed by atoms with E-state index in [1.165, 1.54) is 7.11 Å². The Morgan fingerprint density at radius 2 is 2.00 bits per heavy atom. The summed E-state index contributed by atoms with van der Waals surface area (Å²) in [5, 5.41) is 5.57. The molecular weight excluding hydrogens is 252 g/mol. The first kappa shape index (κ1) is 12.5. The molecule has 0 aliphatic carbocycles. The number of hydrogen-bond acceptors (Lipinski definition) is 4. The number of benzene rings is 1. The number of esters is 1. The molecule has 1 aromatic carbocycles. The van der Waals surface area contributed by atoms with E-state index in [0.717, 1.165) is 5.56 Å². The highest BCUT2D eigenvalue weighted by molar-refractivity contribution is 7.80. The molecule has 1 saturated heterocycles. The Balaban J connectivity index is 2.36. The number of nitrogens with one attached hydrogen (secondary N) is 2. The highest BCUT2D eigenvalue weighted by atomic mass is 32.1. The van der Waals surface area contributed by atoms with Gasteiger partial charge >= 0.3 is 5.97 Å². The molecule has 6 heteroatoms. The first-order valence-electron chi connectivity index (χ1n) is 5.37. The van der Waals surface area contributed by atoms with Crippen molar-refractivity contribution in [1.29, 1.82) is 0 Å². The smallest absolute Gasteiger partial charge is 0.320 e. The van der Waals surface area contributed by atoms with Crippen LogP contribution in [-0.4, -0.2) is 24.1 Å². The summed E-state index contributed by atoms with van der Waals surface area (Å²) in [7, 11) is 1.25. The van der Waals surface area contributed by atoms with Crippen LogP contribution in [0.3, 0.4) is 0 Å². The van der Waals surface area contributed by atoms with E-state index in [1.807, 2.05) is 30.3 Å². The Morgan fingerprint density at radius 1 is 1.33 bits per heavy atom. The fourth-order valence-corrected chi connectivity index (χ4v) is 2.14. The highest BCUT2D eigenvalue weighted by Crippen LogP contribution is 2.25. The monoisotopic (exact) mass is 264 g/mol. The van der Waals surface area contributed by atoms with Crippen LogP contribution in [-0.2, 0) is 14.3 Å². The van der Waals surface area contributed by atoms with Crippen molar-refractivity contribution >= 4 is 29.2 Å². The maximum Gasteiger partial charge on any atom is 0.320 e. The average molecular weight is 264 g/mol. The second-order valence-electron chi connectivity index (χ2n) is 3.85. The van der Waals surface area contributed by atoms with Crippen molar-refractivity contribution in [1.82, 2.24) is 10.6 Å². The van der Waals surface area contributed by atoms with E-state index in [2.05, 4.69) is 15.4 Å². The lowest BCUT2D eigenvalue weighted by Gasteiger charge is -2.31. The fraction of sp³-hybridized carbons (Fsp3) is 0.250. The van der Waals surface area contributed by atoms with Crippen molar-refractivity contribution < 1.29 is 14.3 Å². The van der Waals surface area contributed by atoms with Crippen molar-refractivity contribution in [2.24, 2.45) is 5.92 Å². The summed E-state index contributed by atoms with van der Waals surface area (Å²) in [4.78, 5) is 23.6. The van der Waals surface area contributed by atoms with Gasteiger partial charge in [0.1, 0.15) is 0 Å². The summed E-state index contributed by atoms with van der Waals surface area (Å²) in [6.45, 7) is 0. The zero-order valence-corrected chi connectivity index (χ0v) is 10.5. The first-order chi connectivity index (χ1) is 8.63. The lowest BCUT2D eigenvalue weighted by Crippen LogP contribution is -2.56. The molecule has 94 valence electrons. The lowest BCUT2D eigenvalue weighted by atomic mass is 9.91. The van der Waals surface area contributed by atoms with Crippen molar-refractivity contribution in [3.05, 3.63) is 35.9 Å².